The number of nitrogens with zero attached hydrogens (tertiary/aromatic N) is 2. The molecule has 0 saturated heterocycles. The van der Waals surface area contributed by atoms with E-state index >= 15 is 0 Å². The molecule has 1 saturated carbocycles. The quantitative estimate of drug-likeness (QED) is 0.812. The molecule has 3 atom stereocenters. The Morgan fingerprint density at radius 3 is 2.78 bits per heavy atom. The monoisotopic (exact) mass is 351 g/mol. The normalized spacial score (nSPS) is 27.1. The van der Waals surface area contributed by atoms with Gasteiger partial charge in [0.1, 0.15) is 11.4 Å². The summed E-state index contributed by atoms with van der Waals surface area (Å²) in [5, 5.41) is 3.61. The molecule has 1 fully saturated rings. The van der Waals surface area contributed by atoms with Crippen LogP contribution in [0.5, 0.6) is 0 Å². The average molecular weight is 351 g/mol. The molecule has 2 aliphatic heterocycles. The largest absolute Gasteiger partial charge is 0.341 e. The standard InChI is InChI=1S/C24H21N3/c1-3-17-12-15-26-24-20(22(17)24)13-14-25-23(24)27-21-11-7-10-19(16(21)2)18-8-5-4-6-9-18/h3-15,20,22H,1H2,2H3,(H,25,27). The van der Waals surface area contributed by atoms with Gasteiger partial charge in [0.05, 0.1) is 0 Å². The number of fused-ring (bicyclic) bond motifs is 1. The van der Waals surface area contributed by atoms with Crippen LogP contribution in [0.1, 0.15) is 5.56 Å². The van der Waals surface area contributed by atoms with Gasteiger partial charge in [0.2, 0.25) is 0 Å². The van der Waals surface area contributed by atoms with Crippen LogP contribution < -0.4 is 5.32 Å². The molecule has 0 bridgehead atoms. The minimum absolute atomic E-state index is 0.289. The lowest BCUT2D eigenvalue weighted by molar-refractivity contribution is 0.806. The molecular formula is C24H21N3. The number of rotatable bonds is 3. The van der Waals surface area contributed by atoms with E-state index < -0.39 is 0 Å². The fourth-order valence-corrected chi connectivity index (χ4v) is 4.47. The Morgan fingerprint density at radius 2 is 1.96 bits per heavy atom. The molecule has 3 nitrogen and oxygen atoms in total. The molecule has 2 aromatic rings. The van der Waals surface area contributed by atoms with Gasteiger partial charge in [-0.3, -0.25) is 4.99 Å². The molecule has 5 rings (SSSR count). The average Bonchev–Trinajstić information content (AvgIpc) is 3.41. The summed E-state index contributed by atoms with van der Waals surface area (Å²) in [6.45, 7) is 6.13. The Hall–Kier alpha value is -3.20. The highest BCUT2D eigenvalue weighted by molar-refractivity contribution is 6.10. The van der Waals surface area contributed by atoms with E-state index in [1.807, 2.05) is 24.6 Å². The fraction of sp³-hybridized carbons (Fsp3) is 0.167. The first-order valence-electron chi connectivity index (χ1n) is 9.30. The Bertz CT molecular complexity index is 1040. The maximum atomic E-state index is 4.85. The molecule has 0 aromatic heterocycles. The molecular weight excluding hydrogens is 330 g/mol. The van der Waals surface area contributed by atoms with Crippen LogP contribution in [0.3, 0.4) is 0 Å². The minimum Gasteiger partial charge on any atom is -0.341 e. The van der Waals surface area contributed by atoms with E-state index in [4.69, 9.17) is 4.99 Å². The van der Waals surface area contributed by atoms with E-state index in [2.05, 4.69) is 78.4 Å². The maximum Gasteiger partial charge on any atom is 0.135 e. The Morgan fingerprint density at radius 1 is 1.11 bits per heavy atom. The molecule has 0 amide bonds. The van der Waals surface area contributed by atoms with Crippen molar-refractivity contribution in [3.05, 3.63) is 90.7 Å². The third kappa shape index (κ3) is 2.28. The van der Waals surface area contributed by atoms with Crippen molar-refractivity contribution in [3.8, 4) is 11.1 Å². The molecule has 1 aliphatic carbocycles. The van der Waals surface area contributed by atoms with E-state index in [0.29, 0.717) is 11.8 Å². The Balaban J connectivity index is 1.51. The Kier molecular flexibility index (Phi) is 3.51. The predicted octanol–water partition coefficient (Wildman–Crippen LogP) is 5.18. The summed E-state index contributed by atoms with van der Waals surface area (Å²) in [6.07, 6.45) is 9.99. The third-order valence-corrected chi connectivity index (χ3v) is 5.93. The summed E-state index contributed by atoms with van der Waals surface area (Å²) in [4.78, 5) is 9.53. The van der Waals surface area contributed by atoms with Gasteiger partial charge < -0.3 is 5.32 Å². The second kappa shape index (κ2) is 5.92. The number of aliphatic imine (C=N–C) groups is 2. The Labute approximate surface area is 159 Å². The van der Waals surface area contributed by atoms with Gasteiger partial charge in [-0.05, 0) is 41.3 Å². The molecule has 3 heteroatoms. The highest BCUT2D eigenvalue weighted by Crippen LogP contribution is 2.61. The lowest BCUT2D eigenvalue weighted by atomic mass is 9.98. The van der Waals surface area contributed by atoms with Crippen molar-refractivity contribution in [3.63, 3.8) is 0 Å². The number of benzene rings is 2. The second-order valence-electron chi connectivity index (χ2n) is 7.27. The maximum absolute atomic E-state index is 4.85. The van der Waals surface area contributed by atoms with Crippen molar-refractivity contribution in [1.82, 2.24) is 0 Å². The summed E-state index contributed by atoms with van der Waals surface area (Å²) < 4.78 is 0. The molecule has 0 radical (unpaired) electrons. The van der Waals surface area contributed by atoms with Crippen molar-refractivity contribution in [2.45, 2.75) is 12.5 Å². The molecule has 1 spiro atoms. The number of dihydropyridines is 1. The van der Waals surface area contributed by atoms with Gasteiger partial charge in [0.25, 0.3) is 0 Å². The SMILES string of the molecule is C=CC1=CC=NC23C(Nc4cccc(-c5ccccc5)c4C)=NC=CC2C13. The number of amidine groups is 1. The summed E-state index contributed by atoms with van der Waals surface area (Å²) in [5.41, 5.74) is 5.69. The van der Waals surface area contributed by atoms with E-state index in [9.17, 15) is 0 Å². The van der Waals surface area contributed by atoms with E-state index in [-0.39, 0.29) is 5.54 Å². The van der Waals surface area contributed by atoms with Gasteiger partial charge in [0, 0.05) is 29.9 Å². The lowest BCUT2D eigenvalue weighted by Gasteiger charge is -2.23. The number of allylic oxidation sites excluding steroid dienone is 2. The van der Waals surface area contributed by atoms with Crippen LogP contribution in [0, 0.1) is 18.8 Å². The summed E-state index contributed by atoms with van der Waals surface area (Å²) in [7, 11) is 0. The number of hydrogen-bond acceptors (Lipinski definition) is 3. The molecule has 132 valence electrons. The van der Waals surface area contributed by atoms with Gasteiger partial charge in [-0.25, -0.2) is 4.99 Å². The van der Waals surface area contributed by atoms with E-state index in [0.717, 1.165) is 11.5 Å². The van der Waals surface area contributed by atoms with Crippen LogP contribution in [-0.2, 0) is 0 Å². The molecule has 2 heterocycles. The zero-order valence-electron chi connectivity index (χ0n) is 15.3. The van der Waals surface area contributed by atoms with Gasteiger partial charge in [0.15, 0.2) is 0 Å². The van der Waals surface area contributed by atoms with Gasteiger partial charge >= 0.3 is 0 Å². The first kappa shape index (κ1) is 16.0. The van der Waals surface area contributed by atoms with Crippen LogP contribution in [0.2, 0.25) is 0 Å². The van der Waals surface area contributed by atoms with Gasteiger partial charge in [-0.15, -0.1) is 0 Å². The summed E-state index contributed by atoms with van der Waals surface area (Å²) in [6, 6.07) is 16.8. The van der Waals surface area contributed by atoms with Crippen LogP contribution in [0.4, 0.5) is 5.69 Å². The van der Waals surface area contributed by atoms with Crippen molar-refractivity contribution in [2.75, 3.05) is 5.32 Å². The summed E-state index contributed by atoms with van der Waals surface area (Å²) >= 11 is 0. The number of hydrogen-bond donors (Lipinski definition) is 1. The third-order valence-electron chi connectivity index (χ3n) is 5.93. The number of anilines is 1. The van der Waals surface area contributed by atoms with Crippen molar-refractivity contribution >= 4 is 17.7 Å². The van der Waals surface area contributed by atoms with Crippen molar-refractivity contribution in [2.24, 2.45) is 21.8 Å². The highest BCUT2D eigenvalue weighted by Gasteiger charge is 2.69. The van der Waals surface area contributed by atoms with Crippen molar-refractivity contribution < 1.29 is 0 Å². The first-order chi connectivity index (χ1) is 13.3. The van der Waals surface area contributed by atoms with E-state index in [1.165, 1.54) is 22.3 Å². The molecule has 3 aliphatic rings. The van der Waals surface area contributed by atoms with E-state index in [1.54, 1.807) is 0 Å². The topological polar surface area (TPSA) is 36.8 Å². The minimum atomic E-state index is -0.289. The molecule has 1 N–H and O–H groups in total. The zero-order chi connectivity index (χ0) is 18.4. The fourth-order valence-electron chi connectivity index (χ4n) is 4.47. The summed E-state index contributed by atoms with van der Waals surface area (Å²) in [5.74, 6) is 1.62. The van der Waals surface area contributed by atoms with Crippen LogP contribution in [0.25, 0.3) is 11.1 Å². The molecule has 27 heavy (non-hydrogen) atoms. The first-order valence-corrected chi connectivity index (χ1v) is 9.30. The van der Waals surface area contributed by atoms with Crippen LogP contribution >= 0.6 is 0 Å². The predicted molar refractivity (Wildman–Crippen MR) is 113 cm³/mol. The smallest absolute Gasteiger partial charge is 0.135 e. The van der Waals surface area contributed by atoms with Crippen LogP contribution in [0.15, 0.2) is 95.1 Å². The lowest BCUT2D eigenvalue weighted by Crippen LogP contribution is -2.34. The van der Waals surface area contributed by atoms with Crippen LogP contribution in [-0.4, -0.2) is 17.6 Å². The van der Waals surface area contributed by atoms with Crippen molar-refractivity contribution in [1.29, 1.82) is 0 Å². The molecule has 2 aromatic carbocycles. The highest BCUT2D eigenvalue weighted by atomic mass is 15.1. The zero-order valence-corrected chi connectivity index (χ0v) is 15.3. The second-order valence-corrected chi connectivity index (χ2v) is 7.27. The van der Waals surface area contributed by atoms with Gasteiger partial charge in [-0.2, -0.15) is 0 Å². The van der Waals surface area contributed by atoms with Gasteiger partial charge in [-0.1, -0.05) is 61.2 Å². The molecule has 3 unspecified atom stereocenters. The number of nitrogens with one attached hydrogen (secondary N) is 1.